The van der Waals surface area contributed by atoms with Crippen LogP contribution >= 0.6 is 15.9 Å². The largest absolute Gasteiger partial charge is 0.467 e. The molecule has 0 spiro atoms. The van der Waals surface area contributed by atoms with E-state index in [0.29, 0.717) is 16.1 Å². The number of carbonyl (C=O) groups is 1. The van der Waals surface area contributed by atoms with E-state index in [9.17, 15) is 9.90 Å². The van der Waals surface area contributed by atoms with Gasteiger partial charge in [0, 0.05) is 0 Å². The molecule has 0 aliphatic rings. The third-order valence-electron chi connectivity index (χ3n) is 2.31. The van der Waals surface area contributed by atoms with Gasteiger partial charge in [-0.05, 0) is 40.2 Å². The summed E-state index contributed by atoms with van der Waals surface area (Å²) < 4.78 is 5.71. The van der Waals surface area contributed by atoms with E-state index in [1.807, 2.05) is 0 Å². The van der Waals surface area contributed by atoms with Crippen molar-refractivity contribution < 1.29 is 14.3 Å². The molecule has 2 heterocycles. The highest BCUT2D eigenvalue weighted by atomic mass is 79.9. The first-order chi connectivity index (χ1) is 9.15. The molecule has 19 heavy (non-hydrogen) atoms. The van der Waals surface area contributed by atoms with Crippen molar-refractivity contribution in [2.24, 2.45) is 0 Å². The van der Waals surface area contributed by atoms with Crippen molar-refractivity contribution in [2.75, 3.05) is 11.9 Å². The van der Waals surface area contributed by atoms with Crippen LogP contribution in [0.4, 0.5) is 10.5 Å². The molecule has 2 amide bonds. The van der Waals surface area contributed by atoms with E-state index in [1.165, 1.54) is 12.5 Å². The van der Waals surface area contributed by atoms with E-state index in [0.717, 1.165) is 0 Å². The first-order valence-electron chi connectivity index (χ1n) is 5.53. The van der Waals surface area contributed by atoms with Crippen LogP contribution in [0.1, 0.15) is 11.9 Å². The molecule has 0 aliphatic carbocycles. The topological polar surface area (TPSA) is 87.4 Å². The summed E-state index contributed by atoms with van der Waals surface area (Å²) in [5.74, 6) is 0.408. The normalized spacial score (nSPS) is 11.9. The van der Waals surface area contributed by atoms with Crippen LogP contribution in [-0.4, -0.2) is 22.7 Å². The van der Waals surface area contributed by atoms with Crippen molar-refractivity contribution in [3.63, 3.8) is 0 Å². The summed E-state index contributed by atoms with van der Waals surface area (Å²) in [7, 11) is 0. The van der Waals surface area contributed by atoms with Gasteiger partial charge in [-0.3, -0.25) is 0 Å². The summed E-state index contributed by atoms with van der Waals surface area (Å²) in [5, 5.41) is 14.8. The number of hydrogen-bond donors (Lipinski definition) is 3. The Kier molecular flexibility index (Phi) is 4.53. The SMILES string of the molecule is O=C(NCC(O)c1ccco1)Nc1ccc(Br)nc1. The summed E-state index contributed by atoms with van der Waals surface area (Å²) in [6.07, 6.45) is 2.11. The minimum absolute atomic E-state index is 0.0588. The number of rotatable bonds is 4. The average molecular weight is 326 g/mol. The van der Waals surface area contributed by atoms with Crippen LogP contribution in [0.15, 0.2) is 45.7 Å². The zero-order valence-corrected chi connectivity index (χ0v) is 11.4. The second-order valence-electron chi connectivity index (χ2n) is 3.74. The van der Waals surface area contributed by atoms with Crippen molar-refractivity contribution in [2.45, 2.75) is 6.10 Å². The molecule has 7 heteroatoms. The third kappa shape index (κ3) is 4.08. The molecule has 0 aliphatic heterocycles. The fraction of sp³-hybridized carbons (Fsp3) is 0.167. The lowest BCUT2D eigenvalue weighted by molar-refractivity contribution is 0.149. The Balaban J connectivity index is 1.80. The molecule has 1 atom stereocenters. The van der Waals surface area contributed by atoms with Crippen LogP contribution in [0.3, 0.4) is 0 Å². The predicted molar refractivity (Wildman–Crippen MR) is 72.6 cm³/mol. The molecule has 0 saturated carbocycles. The standard InChI is InChI=1S/C12H12BrN3O3/c13-11-4-3-8(6-14-11)16-12(18)15-7-9(17)10-2-1-5-19-10/h1-6,9,17H,7H2,(H2,15,16,18). The molecule has 3 N–H and O–H groups in total. The molecule has 6 nitrogen and oxygen atoms in total. The molecule has 2 rings (SSSR count). The highest BCUT2D eigenvalue weighted by Gasteiger charge is 2.11. The molecule has 0 fully saturated rings. The quantitative estimate of drug-likeness (QED) is 0.752. The van der Waals surface area contributed by atoms with Gasteiger partial charge in [-0.2, -0.15) is 0 Å². The second kappa shape index (κ2) is 6.35. The van der Waals surface area contributed by atoms with Gasteiger partial charge in [-0.1, -0.05) is 0 Å². The minimum Gasteiger partial charge on any atom is -0.467 e. The number of furan rings is 1. The van der Waals surface area contributed by atoms with E-state index >= 15 is 0 Å². The van der Waals surface area contributed by atoms with Crippen molar-refractivity contribution in [1.82, 2.24) is 10.3 Å². The maximum Gasteiger partial charge on any atom is 0.319 e. The minimum atomic E-state index is -0.871. The van der Waals surface area contributed by atoms with Crippen LogP contribution in [0.2, 0.25) is 0 Å². The van der Waals surface area contributed by atoms with E-state index < -0.39 is 12.1 Å². The molecule has 2 aromatic rings. The van der Waals surface area contributed by atoms with Crippen LogP contribution in [0, 0.1) is 0 Å². The lowest BCUT2D eigenvalue weighted by Gasteiger charge is -2.10. The van der Waals surface area contributed by atoms with Gasteiger partial charge in [0.2, 0.25) is 0 Å². The van der Waals surface area contributed by atoms with Crippen molar-refractivity contribution in [3.8, 4) is 0 Å². The van der Waals surface area contributed by atoms with Gasteiger partial charge in [0.15, 0.2) is 0 Å². The Morgan fingerprint density at radius 2 is 2.32 bits per heavy atom. The van der Waals surface area contributed by atoms with Gasteiger partial charge >= 0.3 is 6.03 Å². The van der Waals surface area contributed by atoms with E-state index in [2.05, 4.69) is 31.5 Å². The summed E-state index contributed by atoms with van der Waals surface area (Å²) in [6.45, 7) is 0.0588. The van der Waals surface area contributed by atoms with E-state index in [1.54, 1.807) is 24.3 Å². The number of urea groups is 1. The van der Waals surface area contributed by atoms with Gasteiger partial charge < -0.3 is 20.2 Å². The number of aliphatic hydroxyl groups excluding tert-OH is 1. The molecule has 0 radical (unpaired) electrons. The van der Waals surface area contributed by atoms with Gasteiger partial charge in [0.1, 0.15) is 16.5 Å². The summed E-state index contributed by atoms with van der Waals surface area (Å²) in [4.78, 5) is 15.5. The zero-order chi connectivity index (χ0) is 13.7. The number of aromatic nitrogens is 1. The number of carbonyl (C=O) groups excluding carboxylic acids is 1. The number of pyridine rings is 1. The average Bonchev–Trinajstić information content (AvgIpc) is 2.93. The van der Waals surface area contributed by atoms with Crippen LogP contribution in [-0.2, 0) is 0 Å². The monoisotopic (exact) mass is 325 g/mol. The molecule has 2 aromatic heterocycles. The molecular formula is C12H12BrN3O3. The predicted octanol–water partition coefficient (Wildman–Crippen LogP) is 2.29. The number of anilines is 1. The molecule has 0 bridgehead atoms. The molecule has 0 saturated heterocycles. The molecule has 1 unspecified atom stereocenters. The van der Waals surface area contributed by atoms with Gasteiger partial charge in [0.25, 0.3) is 0 Å². The maximum absolute atomic E-state index is 11.6. The molecular weight excluding hydrogens is 314 g/mol. The van der Waals surface area contributed by atoms with Crippen molar-refractivity contribution in [1.29, 1.82) is 0 Å². The van der Waals surface area contributed by atoms with Gasteiger partial charge in [0.05, 0.1) is 24.7 Å². The highest BCUT2D eigenvalue weighted by Crippen LogP contribution is 2.12. The Labute approximate surface area is 118 Å². The highest BCUT2D eigenvalue weighted by molar-refractivity contribution is 9.10. The first-order valence-corrected chi connectivity index (χ1v) is 6.32. The Hall–Kier alpha value is -1.86. The van der Waals surface area contributed by atoms with Crippen molar-refractivity contribution >= 4 is 27.6 Å². The van der Waals surface area contributed by atoms with Gasteiger partial charge in [-0.25, -0.2) is 9.78 Å². The smallest absolute Gasteiger partial charge is 0.319 e. The Morgan fingerprint density at radius 3 is 2.95 bits per heavy atom. The number of halogens is 1. The lowest BCUT2D eigenvalue weighted by atomic mass is 10.3. The molecule has 100 valence electrons. The second-order valence-corrected chi connectivity index (χ2v) is 4.55. The zero-order valence-electron chi connectivity index (χ0n) is 9.84. The maximum atomic E-state index is 11.6. The van der Waals surface area contributed by atoms with Gasteiger partial charge in [-0.15, -0.1) is 0 Å². The number of aliphatic hydroxyl groups is 1. The number of nitrogens with zero attached hydrogens (tertiary/aromatic N) is 1. The van der Waals surface area contributed by atoms with E-state index in [4.69, 9.17) is 4.42 Å². The fourth-order valence-corrected chi connectivity index (χ4v) is 1.63. The van der Waals surface area contributed by atoms with E-state index in [-0.39, 0.29) is 6.54 Å². The van der Waals surface area contributed by atoms with Crippen LogP contribution < -0.4 is 10.6 Å². The molecule has 0 aromatic carbocycles. The first kappa shape index (κ1) is 13.6. The number of amides is 2. The fourth-order valence-electron chi connectivity index (χ4n) is 1.40. The lowest BCUT2D eigenvalue weighted by Crippen LogP contribution is -2.32. The van der Waals surface area contributed by atoms with Crippen LogP contribution in [0.25, 0.3) is 0 Å². The van der Waals surface area contributed by atoms with Crippen molar-refractivity contribution in [3.05, 3.63) is 47.1 Å². The summed E-state index contributed by atoms with van der Waals surface area (Å²) in [6, 6.07) is 6.32. The Morgan fingerprint density at radius 1 is 1.47 bits per heavy atom. The summed E-state index contributed by atoms with van der Waals surface area (Å²) in [5.41, 5.74) is 0.563. The number of hydrogen-bond acceptors (Lipinski definition) is 4. The van der Waals surface area contributed by atoms with Crippen LogP contribution in [0.5, 0.6) is 0 Å². The number of nitrogens with one attached hydrogen (secondary N) is 2. The summed E-state index contributed by atoms with van der Waals surface area (Å²) >= 11 is 3.20. The third-order valence-corrected chi connectivity index (χ3v) is 2.78. The Bertz CT molecular complexity index is 528.